The zero-order chi connectivity index (χ0) is 30.7. The fourth-order valence-corrected chi connectivity index (χ4v) is 7.16. The molecule has 0 saturated carbocycles. The smallest absolute Gasteiger partial charge is 0.435 e. The van der Waals surface area contributed by atoms with E-state index < -0.39 is 50.6 Å². The summed E-state index contributed by atoms with van der Waals surface area (Å²) in [4.78, 5) is 27.8. The lowest BCUT2D eigenvalue weighted by molar-refractivity contribution is -0.122. The number of nitrogens with zero attached hydrogens (tertiary/aromatic N) is 4. The largest absolute Gasteiger partial charge is 0.489 e. The third-order valence-corrected chi connectivity index (χ3v) is 9.44. The number of benzene rings is 2. The second-order valence-corrected chi connectivity index (χ2v) is 13.5. The number of nitrogens with one attached hydrogen (secondary N) is 1. The number of carbonyl (C=O) groups is 2. The molecule has 15 heteroatoms. The van der Waals surface area contributed by atoms with Crippen LogP contribution in [0.1, 0.15) is 39.2 Å². The van der Waals surface area contributed by atoms with Crippen LogP contribution in [-0.4, -0.2) is 85.1 Å². The molecule has 1 N–H and O–H groups in total. The van der Waals surface area contributed by atoms with Crippen LogP contribution in [-0.2, 0) is 24.3 Å². The van der Waals surface area contributed by atoms with Gasteiger partial charge in [-0.05, 0) is 51.5 Å². The molecule has 43 heavy (non-hydrogen) atoms. The van der Waals surface area contributed by atoms with Gasteiger partial charge in [-0.1, -0.05) is 0 Å². The molecule has 12 nitrogen and oxygen atoms in total. The molecule has 0 unspecified atom stereocenters. The third-order valence-electron chi connectivity index (χ3n) is 7.52. The molecule has 2 aromatic carbocycles. The zero-order valence-corrected chi connectivity index (χ0v) is 24.6. The van der Waals surface area contributed by atoms with E-state index in [-0.39, 0.29) is 29.9 Å². The Morgan fingerprint density at radius 3 is 2.53 bits per heavy atom. The first kappa shape index (κ1) is 29.3. The van der Waals surface area contributed by atoms with E-state index in [0.29, 0.717) is 37.8 Å². The first-order chi connectivity index (χ1) is 20.3. The molecule has 1 atom stereocenters. The van der Waals surface area contributed by atoms with Crippen molar-refractivity contribution in [1.29, 1.82) is 0 Å². The lowest BCUT2D eigenvalue weighted by atomic mass is 10.1. The summed E-state index contributed by atoms with van der Waals surface area (Å²) in [5.74, 6) is 0.00684. The van der Waals surface area contributed by atoms with Crippen LogP contribution in [0, 0.1) is 0 Å². The van der Waals surface area contributed by atoms with Crippen LogP contribution in [0.2, 0.25) is 0 Å². The number of fused-ring (bicyclic) bond motifs is 2. The van der Waals surface area contributed by atoms with Gasteiger partial charge in [0.15, 0.2) is 0 Å². The van der Waals surface area contributed by atoms with E-state index in [1.54, 1.807) is 32.9 Å². The molecule has 1 aromatic heterocycles. The van der Waals surface area contributed by atoms with E-state index in [1.165, 1.54) is 0 Å². The highest BCUT2D eigenvalue weighted by atomic mass is 32.2. The van der Waals surface area contributed by atoms with Gasteiger partial charge in [0.2, 0.25) is 15.9 Å². The molecule has 2 saturated heterocycles. The van der Waals surface area contributed by atoms with Crippen molar-refractivity contribution < 1.29 is 41.0 Å². The van der Waals surface area contributed by atoms with Crippen molar-refractivity contribution in [3.63, 3.8) is 0 Å². The van der Waals surface area contributed by atoms with Crippen LogP contribution >= 0.6 is 0 Å². The molecule has 0 aliphatic carbocycles. The maximum Gasteiger partial charge on any atom is 0.435 e. The Morgan fingerprint density at radius 1 is 1.14 bits per heavy atom. The van der Waals surface area contributed by atoms with Crippen LogP contribution < -0.4 is 15.0 Å². The van der Waals surface area contributed by atoms with Crippen LogP contribution in [0.3, 0.4) is 0 Å². The minimum absolute atomic E-state index is 0.0142. The zero-order valence-electron chi connectivity index (χ0n) is 23.7. The van der Waals surface area contributed by atoms with Crippen molar-refractivity contribution in [2.45, 2.75) is 56.2 Å². The van der Waals surface area contributed by atoms with Crippen molar-refractivity contribution in [3.8, 4) is 5.75 Å². The number of sulfonamides is 1. The summed E-state index contributed by atoms with van der Waals surface area (Å²) in [6, 6.07) is 6.28. The normalized spacial score (nSPS) is 19.4. The quantitative estimate of drug-likeness (QED) is 0.438. The average Bonchev–Trinajstić information content (AvgIpc) is 3.29. The van der Waals surface area contributed by atoms with Gasteiger partial charge in [-0.25, -0.2) is 22.0 Å². The highest BCUT2D eigenvalue weighted by Crippen LogP contribution is 2.38. The lowest BCUT2D eigenvalue weighted by Crippen LogP contribution is -2.56. The van der Waals surface area contributed by atoms with Crippen LogP contribution in [0.5, 0.6) is 5.75 Å². The molecule has 3 aliphatic rings. The third kappa shape index (κ3) is 5.40. The van der Waals surface area contributed by atoms with Crippen LogP contribution in [0.25, 0.3) is 10.9 Å². The van der Waals surface area contributed by atoms with Crippen LogP contribution in [0.4, 0.5) is 25.0 Å². The topological polar surface area (TPSA) is 132 Å². The van der Waals surface area contributed by atoms with E-state index in [4.69, 9.17) is 14.2 Å². The Balaban J connectivity index is 1.28. The predicted molar refractivity (Wildman–Crippen MR) is 151 cm³/mol. The van der Waals surface area contributed by atoms with Crippen molar-refractivity contribution in [2.24, 2.45) is 0 Å². The van der Waals surface area contributed by atoms with Crippen molar-refractivity contribution in [2.75, 3.05) is 43.1 Å². The second kappa shape index (κ2) is 10.7. The molecule has 6 rings (SSSR count). The molecule has 2 fully saturated rings. The van der Waals surface area contributed by atoms with Gasteiger partial charge in [0, 0.05) is 29.2 Å². The van der Waals surface area contributed by atoms with E-state index in [9.17, 15) is 26.8 Å². The van der Waals surface area contributed by atoms with Crippen molar-refractivity contribution >= 4 is 44.3 Å². The summed E-state index contributed by atoms with van der Waals surface area (Å²) in [7, 11) is -4.54. The van der Waals surface area contributed by atoms with E-state index in [0.717, 1.165) is 33.0 Å². The van der Waals surface area contributed by atoms with E-state index in [2.05, 4.69) is 15.3 Å². The predicted octanol–water partition coefficient (Wildman–Crippen LogP) is 3.76. The minimum Gasteiger partial charge on any atom is -0.489 e. The number of hydrogen-bond donors (Lipinski definition) is 1. The Hall–Kier alpha value is -3.82. The van der Waals surface area contributed by atoms with Gasteiger partial charge >= 0.3 is 6.09 Å². The van der Waals surface area contributed by atoms with Gasteiger partial charge in [0.05, 0.1) is 37.7 Å². The summed E-state index contributed by atoms with van der Waals surface area (Å²) in [5, 5.41) is 6.71. The van der Waals surface area contributed by atoms with Gasteiger partial charge in [-0.15, -0.1) is 0 Å². The van der Waals surface area contributed by atoms with Gasteiger partial charge in [-0.2, -0.15) is 14.1 Å². The highest BCUT2D eigenvalue weighted by molar-refractivity contribution is 7.89. The summed E-state index contributed by atoms with van der Waals surface area (Å²) >= 11 is 0. The molecule has 0 spiro atoms. The van der Waals surface area contributed by atoms with Gasteiger partial charge in [0.25, 0.3) is 6.43 Å². The number of hydrogen-bond acceptors (Lipinski definition) is 9. The molecule has 0 radical (unpaired) electrons. The Morgan fingerprint density at radius 2 is 1.91 bits per heavy atom. The molecule has 4 heterocycles. The van der Waals surface area contributed by atoms with Gasteiger partial charge in [0.1, 0.15) is 34.4 Å². The second-order valence-electron chi connectivity index (χ2n) is 11.6. The monoisotopic (exact) mass is 619 g/mol. The Kier molecular flexibility index (Phi) is 7.29. The Bertz CT molecular complexity index is 1700. The fourth-order valence-electron chi connectivity index (χ4n) is 5.29. The summed E-state index contributed by atoms with van der Waals surface area (Å²) in [6.07, 6.45) is -2.62. The Labute approximate surface area is 246 Å². The number of halogens is 2. The maximum absolute atomic E-state index is 13.9. The molecule has 3 aliphatic heterocycles. The summed E-state index contributed by atoms with van der Waals surface area (Å²) in [5.41, 5.74) is -0.394. The molecular weight excluding hydrogens is 588 g/mol. The van der Waals surface area contributed by atoms with Crippen molar-refractivity contribution in [3.05, 3.63) is 42.1 Å². The maximum atomic E-state index is 13.9. The number of carbonyl (C=O) groups excluding carboxylic acids is 2. The highest BCUT2D eigenvalue weighted by Gasteiger charge is 2.44. The number of anilines is 2. The molecule has 230 valence electrons. The van der Waals surface area contributed by atoms with E-state index >= 15 is 0 Å². The number of ether oxygens (including phenoxy) is 3. The molecule has 0 bridgehead atoms. The number of amides is 1. The van der Waals surface area contributed by atoms with Crippen LogP contribution in [0.15, 0.2) is 41.4 Å². The fraction of sp³-hybridized carbons (Fsp3) is 0.464. The number of alkyl halides is 2. The molecule has 1 amide bonds. The molecule has 3 aromatic rings. The summed E-state index contributed by atoms with van der Waals surface area (Å²) < 4.78 is 73.6. The lowest BCUT2D eigenvalue weighted by Gasteiger charge is -2.41. The summed E-state index contributed by atoms with van der Waals surface area (Å²) in [6.45, 7) is 7.31. The average molecular weight is 620 g/mol. The minimum atomic E-state index is -4.54. The van der Waals surface area contributed by atoms with Gasteiger partial charge in [-0.3, -0.25) is 4.79 Å². The van der Waals surface area contributed by atoms with Gasteiger partial charge < -0.3 is 24.4 Å². The number of aromatic nitrogens is 2. The number of rotatable bonds is 6. The molecular formula is C28H31F2N5O7S. The standard InChI is InChI=1S/C28H31F2N5O7S/c1-28(2,3)42-27(37)35-24-17(13-31-35)10-16(25(29)30)11-23(24)43(38,39)34-7-6-21(34)26(36)32-18-4-5-20-22(12-18)41-9-8-33(20)19-14-40-15-19/h4-5,10-13,19,21,25H,6-9,14-15H2,1-3H3,(H,32,36)/t21-/m0/s1. The first-order valence-corrected chi connectivity index (χ1v) is 15.2. The van der Waals surface area contributed by atoms with E-state index in [1.807, 2.05) is 6.07 Å². The SMILES string of the molecule is CC(C)(C)OC(=O)n1ncc2cc(C(F)F)cc(S(=O)(=O)N3CC[C@H]3C(=O)Nc3ccc4c(c3)OCCN4C3COC3)c21. The van der Waals surface area contributed by atoms with Crippen molar-refractivity contribution in [1.82, 2.24) is 14.1 Å². The first-order valence-electron chi connectivity index (χ1n) is 13.8.